The summed E-state index contributed by atoms with van der Waals surface area (Å²) in [7, 11) is 1.81. The normalized spacial score (nSPS) is 24.0. The van der Waals surface area contributed by atoms with Crippen molar-refractivity contribution in [2.24, 2.45) is 13.0 Å². The van der Waals surface area contributed by atoms with E-state index in [1.165, 1.54) is 6.20 Å². The van der Waals surface area contributed by atoms with Crippen molar-refractivity contribution in [3.8, 4) is 0 Å². The third-order valence-corrected chi connectivity index (χ3v) is 5.03. The highest BCUT2D eigenvalue weighted by Crippen LogP contribution is 2.34. The maximum Gasteiger partial charge on any atom is 0.308 e. The summed E-state index contributed by atoms with van der Waals surface area (Å²) in [6.07, 6.45) is 4.56. The van der Waals surface area contributed by atoms with Gasteiger partial charge in [-0.3, -0.25) is 14.3 Å². The monoisotopic (exact) mass is 330 g/mol. The van der Waals surface area contributed by atoms with Crippen molar-refractivity contribution in [3.05, 3.63) is 23.5 Å². The van der Waals surface area contributed by atoms with Crippen LogP contribution in [0.4, 0.5) is 0 Å². The van der Waals surface area contributed by atoms with E-state index >= 15 is 0 Å². The van der Waals surface area contributed by atoms with Crippen molar-refractivity contribution in [1.82, 2.24) is 20.1 Å². The van der Waals surface area contributed by atoms with Gasteiger partial charge in [0.15, 0.2) is 5.65 Å². The summed E-state index contributed by atoms with van der Waals surface area (Å²) in [6, 6.07) is 1.77. The van der Waals surface area contributed by atoms with Crippen molar-refractivity contribution in [1.29, 1.82) is 0 Å². The van der Waals surface area contributed by atoms with Crippen LogP contribution in [0.25, 0.3) is 11.0 Å². The van der Waals surface area contributed by atoms with Gasteiger partial charge in [-0.2, -0.15) is 5.10 Å². The number of hydrogen-bond acceptors (Lipinski definition) is 4. The highest BCUT2D eigenvalue weighted by Gasteiger charge is 2.42. The van der Waals surface area contributed by atoms with Crippen LogP contribution in [-0.2, 0) is 11.8 Å². The van der Waals surface area contributed by atoms with Gasteiger partial charge in [0, 0.05) is 18.6 Å². The molecule has 1 amide bonds. The fourth-order valence-electron chi connectivity index (χ4n) is 3.64. The van der Waals surface area contributed by atoms with E-state index in [1.807, 2.05) is 20.9 Å². The number of fused-ring (bicyclic) bond motifs is 1. The van der Waals surface area contributed by atoms with Gasteiger partial charge < -0.3 is 10.4 Å². The first kappa shape index (κ1) is 16.4. The Morgan fingerprint density at radius 3 is 2.88 bits per heavy atom. The van der Waals surface area contributed by atoms with E-state index in [4.69, 9.17) is 0 Å². The molecule has 0 unspecified atom stereocenters. The molecule has 3 rings (SSSR count). The average molecular weight is 330 g/mol. The average Bonchev–Trinajstić information content (AvgIpc) is 2.81. The predicted molar refractivity (Wildman–Crippen MR) is 88.7 cm³/mol. The van der Waals surface area contributed by atoms with E-state index in [1.54, 1.807) is 10.7 Å². The zero-order valence-electron chi connectivity index (χ0n) is 14.2. The number of rotatable bonds is 3. The van der Waals surface area contributed by atoms with Crippen LogP contribution in [0.2, 0.25) is 0 Å². The number of pyridine rings is 1. The number of hydrogen-bond donors (Lipinski definition) is 2. The number of carboxylic acid groups (broad SMARTS) is 1. The first-order chi connectivity index (χ1) is 11.3. The van der Waals surface area contributed by atoms with Gasteiger partial charge in [0.25, 0.3) is 5.91 Å². The fraction of sp³-hybridized carbons (Fsp3) is 0.529. The number of carboxylic acids is 1. The van der Waals surface area contributed by atoms with E-state index in [-0.39, 0.29) is 5.91 Å². The lowest BCUT2D eigenvalue weighted by Gasteiger charge is -2.39. The molecule has 2 atom stereocenters. The standard InChI is InChI=1S/C17H22N4O3/c1-10-12-8-11(9-18-14(12)21(3)20-10)15(22)19-17(2)7-5-4-6-13(17)16(23)24/h8-9,13H,4-7H2,1-3H3,(H,19,22)(H,23,24)/t13-,17-/m0/s1. The van der Waals surface area contributed by atoms with Crippen LogP contribution in [0, 0.1) is 12.8 Å². The predicted octanol–water partition coefficient (Wildman–Crippen LogP) is 2.04. The Morgan fingerprint density at radius 1 is 1.42 bits per heavy atom. The van der Waals surface area contributed by atoms with E-state index in [0.29, 0.717) is 18.4 Å². The number of aryl methyl sites for hydroxylation is 2. The molecule has 2 aromatic rings. The van der Waals surface area contributed by atoms with Crippen molar-refractivity contribution in [2.75, 3.05) is 0 Å². The summed E-state index contributed by atoms with van der Waals surface area (Å²) < 4.78 is 1.68. The van der Waals surface area contributed by atoms with Gasteiger partial charge in [0.05, 0.1) is 22.7 Å². The Hall–Kier alpha value is -2.44. The molecule has 7 heteroatoms. The van der Waals surface area contributed by atoms with Gasteiger partial charge in [-0.25, -0.2) is 4.98 Å². The maximum absolute atomic E-state index is 12.7. The third kappa shape index (κ3) is 2.74. The Labute approximate surface area is 140 Å². The Kier molecular flexibility index (Phi) is 4.03. The summed E-state index contributed by atoms with van der Waals surface area (Å²) in [5, 5.41) is 17.5. The molecule has 128 valence electrons. The van der Waals surface area contributed by atoms with Crippen LogP contribution in [0.1, 0.15) is 48.7 Å². The van der Waals surface area contributed by atoms with E-state index in [9.17, 15) is 14.7 Å². The summed E-state index contributed by atoms with van der Waals surface area (Å²) in [5.41, 5.74) is 1.22. The molecule has 0 spiro atoms. The van der Waals surface area contributed by atoms with E-state index in [0.717, 1.165) is 29.6 Å². The first-order valence-corrected chi connectivity index (χ1v) is 8.16. The zero-order valence-corrected chi connectivity index (χ0v) is 14.2. The molecule has 7 nitrogen and oxygen atoms in total. The lowest BCUT2D eigenvalue weighted by atomic mass is 9.74. The summed E-state index contributed by atoms with van der Waals surface area (Å²) in [4.78, 5) is 28.5. The van der Waals surface area contributed by atoms with Gasteiger partial charge in [0.1, 0.15) is 0 Å². The molecule has 0 aliphatic heterocycles. The smallest absolute Gasteiger partial charge is 0.308 e. The van der Waals surface area contributed by atoms with Crippen molar-refractivity contribution in [2.45, 2.75) is 45.1 Å². The third-order valence-electron chi connectivity index (χ3n) is 5.03. The van der Waals surface area contributed by atoms with Crippen LogP contribution in [0.5, 0.6) is 0 Å². The number of nitrogens with zero attached hydrogens (tertiary/aromatic N) is 3. The number of carbonyl (C=O) groups is 2. The molecule has 0 aromatic carbocycles. The van der Waals surface area contributed by atoms with Crippen LogP contribution in [0.15, 0.2) is 12.3 Å². The second-order valence-corrected chi connectivity index (χ2v) is 6.81. The molecule has 0 saturated heterocycles. The van der Waals surface area contributed by atoms with Crippen molar-refractivity contribution in [3.63, 3.8) is 0 Å². The molecule has 24 heavy (non-hydrogen) atoms. The number of carbonyl (C=O) groups excluding carboxylic acids is 1. The largest absolute Gasteiger partial charge is 0.481 e. The second-order valence-electron chi connectivity index (χ2n) is 6.81. The Balaban J connectivity index is 1.88. The number of aliphatic carboxylic acids is 1. The number of nitrogens with one attached hydrogen (secondary N) is 1. The van der Waals surface area contributed by atoms with Gasteiger partial charge in [-0.05, 0) is 32.8 Å². The quantitative estimate of drug-likeness (QED) is 0.897. The highest BCUT2D eigenvalue weighted by atomic mass is 16.4. The molecule has 1 saturated carbocycles. The lowest BCUT2D eigenvalue weighted by molar-refractivity contribution is -0.145. The fourth-order valence-corrected chi connectivity index (χ4v) is 3.64. The molecule has 1 aliphatic carbocycles. The minimum Gasteiger partial charge on any atom is -0.481 e. The van der Waals surface area contributed by atoms with Crippen LogP contribution in [-0.4, -0.2) is 37.3 Å². The summed E-state index contributed by atoms with van der Waals surface area (Å²) in [5.74, 6) is -1.70. The van der Waals surface area contributed by atoms with Crippen LogP contribution >= 0.6 is 0 Å². The minimum absolute atomic E-state index is 0.289. The molecule has 0 radical (unpaired) electrons. The Morgan fingerprint density at radius 2 is 2.17 bits per heavy atom. The molecule has 2 N–H and O–H groups in total. The van der Waals surface area contributed by atoms with Gasteiger partial charge in [0.2, 0.25) is 0 Å². The highest BCUT2D eigenvalue weighted by molar-refractivity contribution is 5.98. The number of amides is 1. The summed E-state index contributed by atoms with van der Waals surface area (Å²) in [6.45, 7) is 3.69. The van der Waals surface area contributed by atoms with Gasteiger partial charge in [-0.15, -0.1) is 0 Å². The molecule has 2 heterocycles. The van der Waals surface area contributed by atoms with Crippen LogP contribution in [0.3, 0.4) is 0 Å². The second kappa shape index (κ2) is 5.89. The molecule has 1 aliphatic rings. The molecule has 0 bridgehead atoms. The van der Waals surface area contributed by atoms with Gasteiger partial charge >= 0.3 is 5.97 Å². The van der Waals surface area contributed by atoms with Crippen molar-refractivity contribution < 1.29 is 14.7 Å². The topological polar surface area (TPSA) is 97.1 Å². The minimum atomic E-state index is -0.853. The molecule has 1 fully saturated rings. The molecular weight excluding hydrogens is 308 g/mol. The SMILES string of the molecule is Cc1nn(C)c2ncc(C(=O)N[C@@]3(C)CCCC[C@H]3C(=O)O)cc12. The lowest BCUT2D eigenvalue weighted by Crippen LogP contribution is -2.55. The van der Waals surface area contributed by atoms with E-state index < -0.39 is 17.4 Å². The zero-order chi connectivity index (χ0) is 17.5. The maximum atomic E-state index is 12.7. The summed E-state index contributed by atoms with van der Waals surface area (Å²) >= 11 is 0. The Bertz CT molecular complexity index is 814. The number of aromatic nitrogens is 3. The molecular formula is C17H22N4O3. The van der Waals surface area contributed by atoms with Crippen LogP contribution < -0.4 is 5.32 Å². The molecule has 2 aromatic heterocycles. The van der Waals surface area contributed by atoms with Crippen molar-refractivity contribution >= 4 is 22.9 Å². The van der Waals surface area contributed by atoms with Gasteiger partial charge in [-0.1, -0.05) is 12.8 Å². The first-order valence-electron chi connectivity index (χ1n) is 8.16. The van der Waals surface area contributed by atoms with E-state index in [2.05, 4.69) is 15.4 Å².